The van der Waals surface area contributed by atoms with E-state index < -0.39 is 0 Å². The highest BCUT2D eigenvalue weighted by Gasteiger charge is 2.34. The van der Waals surface area contributed by atoms with E-state index in [0.717, 1.165) is 34.6 Å². The first-order valence-corrected chi connectivity index (χ1v) is 10.2. The number of nitrogens with zero attached hydrogens (tertiary/aromatic N) is 4. The first kappa shape index (κ1) is 19.5. The van der Waals surface area contributed by atoms with Crippen LogP contribution in [0, 0.1) is 0 Å². The second-order valence-electron chi connectivity index (χ2n) is 8.00. The second-order valence-corrected chi connectivity index (χ2v) is 8.00. The van der Waals surface area contributed by atoms with Gasteiger partial charge in [-0.15, -0.1) is 5.10 Å². The van der Waals surface area contributed by atoms with Crippen LogP contribution in [0.3, 0.4) is 0 Å². The molecule has 0 saturated carbocycles. The first-order valence-electron chi connectivity index (χ1n) is 10.2. The van der Waals surface area contributed by atoms with Gasteiger partial charge in [-0.3, -0.25) is 9.28 Å². The van der Waals surface area contributed by atoms with Gasteiger partial charge in [0.15, 0.2) is 11.5 Å². The number of quaternary nitrogens is 1. The van der Waals surface area contributed by atoms with Gasteiger partial charge in [-0.1, -0.05) is 6.07 Å². The Morgan fingerprint density at radius 3 is 2.79 bits per heavy atom. The lowest BCUT2D eigenvalue weighted by Crippen LogP contribution is -2.49. The van der Waals surface area contributed by atoms with Gasteiger partial charge in [0.1, 0.15) is 0 Å². The number of carbonyl (C=O) groups is 1. The predicted octanol–water partition coefficient (Wildman–Crippen LogP) is 2.52. The van der Waals surface area contributed by atoms with Gasteiger partial charge in [0.05, 0.1) is 43.7 Å². The van der Waals surface area contributed by atoms with Gasteiger partial charge in [0, 0.05) is 18.8 Å². The summed E-state index contributed by atoms with van der Waals surface area (Å²) in [6.07, 6.45) is 8.94. The third-order valence-corrected chi connectivity index (χ3v) is 5.76. The van der Waals surface area contributed by atoms with Crippen LogP contribution in [0.2, 0.25) is 0 Å². The minimum absolute atomic E-state index is 0.0154. The van der Waals surface area contributed by atoms with Crippen molar-refractivity contribution in [3.8, 4) is 0 Å². The van der Waals surface area contributed by atoms with E-state index in [9.17, 15) is 9.90 Å². The number of rotatable bonds is 5. The van der Waals surface area contributed by atoms with Crippen LogP contribution in [0.25, 0.3) is 5.52 Å². The smallest absolute Gasteiger partial charge is 0.273 e. The number of ketones is 1. The lowest BCUT2D eigenvalue weighted by molar-refractivity contribution is -0.111. The number of hydrogen-bond acceptors (Lipinski definition) is 5. The summed E-state index contributed by atoms with van der Waals surface area (Å²) in [7, 11) is 2.23. The van der Waals surface area contributed by atoms with Crippen LogP contribution < -0.4 is 9.80 Å². The number of carbonyl (C=O) groups excluding carboxylic acids is 1. The number of likely N-dealkylation sites (tertiary alicyclic amines) is 1. The Balaban J connectivity index is 1.87. The van der Waals surface area contributed by atoms with Crippen LogP contribution in [0.15, 0.2) is 52.8 Å². The molecule has 0 radical (unpaired) electrons. The van der Waals surface area contributed by atoms with Crippen molar-refractivity contribution in [2.45, 2.75) is 26.2 Å². The third-order valence-electron chi connectivity index (χ3n) is 5.76. The standard InChI is InChI=1S/C22H27N5O2/c1-16-14-18(17(15-20(16)29)23-9-13-28)24-21-19-8-4-5-10-26(19)25-22(21)27(2)11-6-3-7-12-27/h4-5,8,10,14-15,28H,3,6-7,9,11-13H2,1-2H3/p+1/b24-18+. The Kier molecular flexibility index (Phi) is 5.34. The lowest BCUT2D eigenvalue weighted by Gasteiger charge is -2.35. The summed E-state index contributed by atoms with van der Waals surface area (Å²) in [5.74, 6) is 0.923. The van der Waals surface area contributed by atoms with Crippen LogP contribution in [-0.2, 0) is 4.79 Å². The maximum Gasteiger partial charge on any atom is 0.273 e. The number of aliphatic hydroxyl groups excluding tert-OH is 1. The topological polar surface area (TPSA) is 79.0 Å². The normalized spacial score (nSPS) is 20.7. The fourth-order valence-corrected chi connectivity index (χ4v) is 4.08. The highest BCUT2D eigenvalue weighted by atomic mass is 16.3. The molecule has 2 aromatic heterocycles. The van der Waals surface area contributed by atoms with E-state index >= 15 is 0 Å². The van der Waals surface area contributed by atoms with Crippen molar-refractivity contribution >= 4 is 28.5 Å². The van der Waals surface area contributed by atoms with E-state index in [4.69, 9.17) is 10.1 Å². The van der Waals surface area contributed by atoms with Gasteiger partial charge < -0.3 is 10.4 Å². The maximum atomic E-state index is 12.2. The highest BCUT2D eigenvalue weighted by Crippen LogP contribution is 2.38. The molecule has 7 nitrogen and oxygen atoms in total. The van der Waals surface area contributed by atoms with E-state index in [1.54, 1.807) is 13.0 Å². The van der Waals surface area contributed by atoms with E-state index in [1.165, 1.54) is 19.3 Å². The van der Waals surface area contributed by atoms with E-state index in [2.05, 4.69) is 12.4 Å². The number of aliphatic imine (C=N–C) groups is 1. The summed E-state index contributed by atoms with van der Waals surface area (Å²) in [4.78, 5) is 17.2. The number of pyridine rings is 1. The molecule has 0 atom stereocenters. The molecule has 2 N–H and O–H groups in total. The molecule has 1 fully saturated rings. The van der Waals surface area contributed by atoms with Crippen molar-refractivity contribution in [1.82, 2.24) is 19.4 Å². The van der Waals surface area contributed by atoms with Crippen molar-refractivity contribution in [1.29, 1.82) is 0 Å². The van der Waals surface area contributed by atoms with Gasteiger partial charge >= 0.3 is 0 Å². The van der Waals surface area contributed by atoms with Crippen LogP contribution in [0.5, 0.6) is 0 Å². The van der Waals surface area contributed by atoms with Gasteiger partial charge in [-0.2, -0.15) is 0 Å². The maximum absolute atomic E-state index is 12.2. The monoisotopic (exact) mass is 394 g/mol. The summed E-state index contributed by atoms with van der Waals surface area (Å²) in [6, 6.07) is 5.99. The Hall–Kier alpha value is -2.77. The largest absolute Gasteiger partial charge is 0.395 e. The SMILES string of the molecule is CC1=C/C(=N\c2c([N+]3(C)CCCCC3)nn3ccccc23)C(NCCO)=CC1=O. The quantitative estimate of drug-likeness (QED) is 0.603. The molecule has 1 aliphatic carbocycles. The number of nitrogens with one attached hydrogen (secondary N) is 1. The zero-order valence-corrected chi connectivity index (χ0v) is 17.1. The molecule has 2 aromatic rings. The number of aliphatic hydroxyl groups is 1. The summed E-state index contributed by atoms with van der Waals surface area (Å²) in [6.45, 7) is 4.23. The summed E-state index contributed by atoms with van der Waals surface area (Å²) in [5.41, 5.74) is 3.77. The van der Waals surface area contributed by atoms with E-state index in [0.29, 0.717) is 23.5 Å². The minimum atomic E-state index is -0.0421. The summed E-state index contributed by atoms with van der Waals surface area (Å²) in [5, 5.41) is 17.2. The zero-order chi connectivity index (χ0) is 20.4. The minimum Gasteiger partial charge on any atom is -0.395 e. The number of piperidine rings is 1. The molecule has 152 valence electrons. The van der Waals surface area contributed by atoms with Crippen molar-refractivity contribution in [2.24, 2.45) is 4.99 Å². The van der Waals surface area contributed by atoms with Crippen LogP contribution in [-0.4, -0.2) is 59.5 Å². The zero-order valence-electron chi connectivity index (χ0n) is 17.1. The van der Waals surface area contributed by atoms with Crippen LogP contribution in [0.4, 0.5) is 11.5 Å². The van der Waals surface area contributed by atoms with Crippen molar-refractivity contribution in [3.05, 3.63) is 47.8 Å². The molecule has 0 bridgehead atoms. The van der Waals surface area contributed by atoms with Crippen molar-refractivity contribution in [2.75, 3.05) is 33.3 Å². The van der Waals surface area contributed by atoms with Gasteiger partial charge in [0.25, 0.3) is 5.82 Å². The molecule has 0 aromatic carbocycles. The molecule has 0 unspecified atom stereocenters. The fourth-order valence-electron chi connectivity index (χ4n) is 4.08. The Labute approximate surface area is 170 Å². The lowest BCUT2D eigenvalue weighted by atomic mass is 10.0. The van der Waals surface area contributed by atoms with Crippen LogP contribution >= 0.6 is 0 Å². The highest BCUT2D eigenvalue weighted by molar-refractivity contribution is 6.22. The molecular formula is C22H28N5O2+. The molecule has 4 rings (SSSR count). The summed E-state index contributed by atoms with van der Waals surface area (Å²) >= 11 is 0. The predicted molar refractivity (Wildman–Crippen MR) is 116 cm³/mol. The molecule has 29 heavy (non-hydrogen) atoms. The molecule has 1 saturated heterocycles. The molecular weight excluding hydrogens is 366 g/mol. The fraction of sp³-hybridized carbons (Fsp3) is 0.409. The number of allylic oxidation sites excluding steroid dienone is 3. The Morgan fingerprint density at radius 2 is 2.03 bits per heavy atom. The average Bonchev–Trinajstić information content (AvgIpc) is 3.09. The molecule has 0 spiro atoms. The number of fused-ring (bicyclic) bond motifs is 1. The Bertz CT molecular complexity index is 1020. The van der Waals surface area contributed by atoms with Gasteiger partial charge in [-0.05, 0) is 50.0 Å². The first-order chi connectivity index (χ1) is 14.0. The van der Waals surface area contributed by atoms with Crippen molar-refractivity contribution in [3.63, 3.8) is 0 Å². The number of hydrogen-bond donors (Lipinski definition) is 2. The molecule has 2 aliphatic rings. The molecule has 7 heteroatoms. The van der Waals surface area contributed by atoms with Gasteiger partial charge in [0.2, 0.25) is 0 Å². The van der Waals surface area contributed by atoms with E-state index in [-0.39, 0.29) is 12.4 Å². The molecule has 1 aliphatic heterocycles. The Morgan fingerprint density at radius 1 is 1.24 bits per heavy atom. The summed E-state index contributed by atoms with van der Waals surface area (Å²) < 4.78 is 2.65. The second kappa shape index (κ2) is 7.93. The van der Waals surface area contributed by atoms with Crippen molar-refractivity contribution < 1.29 is 9.90 Å². The van der Waals surface area contributed by atoms with Gasteiger partial charge in [-0.25, -0.2) is 9.51 Å². The third kappa shape index (κ3) is 3.75. The molecule has 3 heterocycles. The molecule has 0 amide bonds. The average molecular weight is 394 g/mol. The van der Waals surface area contributed by atoms with Crippen LogP contribution in [0.1, 0.15) is 26.2 Å². The van der Waals surface area contributed by atoms with E-state index in [1.807, 2.05) is 35.0 Å². The number of aromatic nitrogens is 2.